The molecule has 1 aromatic rings. The SMILES string of the molecule is CC1C(=O)NCCN1S(=O)(=O)c1ncccc1NN. The third-order valence-corrected chi connectivity index (χ3v) is 4.85. The van der Waals surface area contributed by atoms with E-state index in [0.717, 1.165) is 4.31 Å². The molecular weight excluding hydrogens is 270 g/mol. The lowest BCUT2D eigenvalue weighted by molar-refractivity contribution is -0.126. The Labute approximate surface area is 111 Å². The number of hydrogen-bond donors (Lipinski definition) is 3. The fourth-order valence-electron chi connectivity index (χ4n) is 1.91. The van der Waals surface area contributed by atoms with E-state index in [0.29, 0.717) is 0 Å². The van der Waals surface area contributed by atoms with Crippen LogP contribution < -0.4 is 16.6 Å². The maximum Gasteiger partial charge on any atom is 0.263 e. The van der Waals surface area contributed by atoms with Crippen LogP contribution in [0, 0.1) is 0 Å². The van der Waals surface area contributed by atoms with E-state index >= 15 is 0 Å². The normalized spacial score (nSPS) is 20.9. The number of nitrogens with one attached hydrogen (secondary N) is 2. The molecule has 0 bridgehead atoms. The maximum atomic E-state index is 12.5. The molecule has 0 aromatic carbocycles. The van der Waals surface area contributed by atoms with Crippen molar-refractivity contribution in [3.63, 3.8) is 0 Å². The zero-order valence-electron chi connectivity index (χ0n) is 10.3. The minimum absolute atomic E-state index is 0.181. The molecule has 8 nitrogen and oxygen atoms in total. The van der Waals surface area contributed by atoms with Crippen LogP contribution in [0.4, 0.5) is 5.69 Å². The number of carbonyl (C=O) groups is 1. The first-order chi connectivity index (χ1) is 8.98. The van der Waals surface area contributed by atoms with Crippen LogP contribution in [-0.2, 0) is 14.8 Å². The summed E-state index contributed by atoms with van der Waals surface area (Å²) in [6, 6.07) is 2.31. The van der Waals surface area contributed by atoms with Crippen molar-refractivity contribution in [3.05, 3.63) is 18.3 Å². The largest absolute Gasteiger partial charge is 0.353 e. The van der Waals surface area contributed by atoms with Crippen molar-refractivity contribution in [2.24, 2.45) is 5.84 Å². The molecule has 0 aliphatic carbocycles. The van der Waals surface area contributed by atoms with Crippen LogP contribution >= 0.6 is 0 Å². The summed E-state index contributed by atoms with van der Waals surface area (Å²) in [5, 5.41) is 2.43. The monoisotopic (exact) mass is 285 g/mol. The highest BCUT2D eigenvalue weighted by atomic mass is 32.2. The van der Waals surface area contributed by atoms with Gasteiger partial charge in [-0.3, -0.25) is 10.6 Å². The molecule has 2 heterocycles. The number of anilines is 1. The van der Waals surface area contributed by atoms with Gasteiger partial charge in [0, 0.05) is 19.3 Å². The predicted octanol–water partition coefficient (Wildman–Crippen LogP) is -1.12. The lowest BCUT2D eigenvalue weighted by Gasteiger charge is -2.31. The average Bonchev–Trinajstić information content (AvgIpc) is 2.41. The number of piperazine rings is 1. The van der Waals surface area contributed by atoms with Gasteiger partial charge in [0.25, 0.3) is 10.0 Å². The molecule has 0 spiro atoms. The molecule has 19 heavy (non-hydrogen) atoms. The van der Waals surface area contributed by atoms with Gasteiger partial charge in [-0.1, -0.05) is 0 Å². The van der Waals surface area contributed by atoms with Gasteiger partial charge in [0.05, 0.1) is 5.69 Å². The van der Waals surface area contributed by atoms with Crippen molar-refractivity contribution in [1.82, 2.24) is 14.6 Å². The third kappa shape index (κ3) is 2.39. The van der Waals surface area contributed by atoms with Crippen molar-refractivity contribution < 1.29 is 13.2 Å². The summed E-state index contributed by atoms with van der Waals surface area (Å²) >= 11 is 0. The van der Waals surface area contributed by atoms with Crippen LogP contribution in [-0.4, -0.2) is 42.7 Å². The molecule has 104 valence electrons. The van der Waals surface area contributed by atoms with E-state index in [1.165, 1.54) is 19.2 Å². The van der Waals surface area contributed by atoms with Crippen LogP contribution in [0.25, 0.3) is 0 Å². The predicted molar refractivity (Wildman–Crippen MR) is 68.4 cm³/mol. The van der Waals surface area contributed by atoms with Gasteiger partial charge in [-0.15, -0.1) is 0 Å². The Morgan fingerprint density at radius 2 is 2.32 bits per heavy atom. The van der Waals surface area contributed by atoms with Gasteiger partial charge in [0.2, 0.25) is 5.91 Å². The van der Waals surface area contributed by atoms with Gasteiger partial charge in [0.15, 0.2) is 5.03 Å². The maximum absolute atomic E-state index is 12.5. The summed E-state index contributed by atoms with van der Waals surface area (Å²) in [5.74, 6) is 4.96. The summed E-state index contributed by atoms with van der Waals surface area (Å²) in [6.07, 6.45) is 1.36. The zero-order chi connectivity index (χ0) is 14.0. The van der Waals surface area contributed by atoms with Crippen molar-refractivity contribution in [1.29, 1.82) is 0 Å². The molecule has 1 saturated heterocycles. The van der Waals surface area contributed by atoms with Crippen LogP contribution in [0.2, 0.25) is 0 Å². The lowest BCUT2D eigenvalue weighted by atomic mass is 10.2. The van der Waals surface area contributed by atoms with Gasteiger partial charge < -0.3 is 10.7 Å². The van der Waals surface area contributed by atoms with Gasteiger partial charge in [-0.25, -0.2) is 13.4 Å². The first kappa shape index (κ1) is 13.7. The Hall–Kier alpha value is -1.71. The van der Waals surface area contributed by atoms with E-state index in [2.05, 4.69) is 15.7 Å². The summed E-state index contributed by atoms with van der Waals surface area (Å²) in [7, 11) is -3.87. The highest BCUT2D eigenvalue weighted by Crippen LogP contribution is 2.23. The van der Waals surface area contributed by atoms with Crippen LogP contribution in [0.15, 0.2) is 23.4 Å². The van der Waals surface area contributed by atoms with Gasteiger partial charge in [-0.05, 0) is 19.1 Å². The second-order valence-electron chi connectivity index (χ2n) is 4.08. The molecule has 0 radical (unpaired) electrons. The van der Waals surface area contributed by atoms with Crippen LogP contribution in [0.3, 0.4) is 0 Å². The van der Waals surface area contributed by atoms with Crippen LogP contribution in [0.1, 0.15) is 6.92 Å². The molecule has 2 rings (SSSR count). The number of rotatable bonds is 3. The number of pyridine rings is 1. The van der Waals surface area contributed by atoms with Crippen molar-refractivity contribution in [2.75, 3.05) is 18.5 Å². The molecule has 4 N–H and O–H groups in total. The van der Waals surface area contributed by atoms with E-state index in [1.807, 2.05) is 0 Å². The first-order valence-corrected chi connectivity index (χ1v) is 7.13. The summed E-state index contributed by atoms with van der Waals surface area (Å²) in [4.78, 5) is 15.4. The smallest absolute Gasteiger partial charge is 0.263 e. The Morgan fingerprint density at radius 1 is 1.58 bits per heavy atom. The van der Waals surface area contributed by atoms with Gasteiger partial charge in [-0.2, -0.15) is 4.31 Å². The molecule has 1 aliphatic heterocycles. The number of nitrogens with two attached hydrogens (primary N) is 1. The number of hydrogen-bond acceptors (Lipinski definition) is 6. The van der Waals surface area contributed by atoms with E-state index in [9.17, 15) is 13.2 Å². The summed E-state index contributed by atoms with van der Waals surface area (Å²) in [6.45, 7) is 2.01. The molecule has 1 aliphatic rings. The topological polar surface area (TPSA) is 117 Å². The zero-order valence-corrected chi connectivity index (χ0v) is 11.1. The van der Waals surface area contributed by atoms with Crippen molar-refractivity contribution in [3.8, 4) is 0 Å². The molecule has 0 saturated carbocycles. The second kappa shape index (κ2) is 5.11. The fraction of sp³-hybridized carbons (Fsp3) is 0.400. The molecule has 1 unspecified atom stereocenters. The number of amides is 1. The molecule has 1 atom stereocenters. The number of aromatic nitrogens is 1. The summed E-state index contributed by atoms with van der Waals surface area (Å²) in [5.41, 5.74) is 2.49. The van der Waals surface area contributed by atoms with E-state index in [4.69, 9.17) is 5.84 Å². The molecule has 1 fully saturated rings. The Bertz CT molecular complexity index is 589. The Balaban J connectivity index is 2.44. The Kier molecular flexibility index (Phi) is 3.69. The van der Waals surface area contributed by atoms with E-state index in [-0.39, 0.29) is 29.7 Å². The Morgan fingerprint density at radius 3 is 3.00 bits per heavy atom. The standard InChI is InChI=1S/C10H15N5O3S/c1-7-9(16)12-5-6-15(7)19(17,18)10-8(14-11)3-2-4-13-10/h2-4,7,14H,5-6,11H2,1H3,(H,12,16). The highest BCUT2D eigenvalue weighted by molar-refractivity contribution is 7.89. The third-order valence-electron chi connectivity index (χ3n) is 2.92. The minimum Gasteiger partial charge on any atom is -0.353 e. The molecule has 9 heteroatoms. The number of sulfonamides is 1. The van der Waals surface area contributed by atoms with Crippen molar-refractivity contribution >= 4 is 21.6 Å². The van der Waals surface area contributed by atoms with Gasteiger partial charge in [0.1, 0.15) is 6.04 Å². The number of carbonyl (C=O) groups excluding carboxylic acids is 1. The quantitative estimate of drug-likeness (QED) is 0.478. The van der Waals surface area contributed by atoms with E-state index in [1.54, 1.807) is 6.07 Å². The van der Waals surface area contributed by atoms with Gasteiger partial charge >= 0.3 is 0 Å². The molecule has 1 aromatic heterocycles. The van der Waals surface area contributed by atoms with E-state index < -0.39 is 16.1 Å². The average molecular weight is 285 g/mol. The minimum atomic E-state index is -3.87. The van der Waals surface area contributed by atoms with Crippen molar-refractivity contribution in [2.45, 2.75) is 18.0 Å². The number of nitrogens with zero attached hydrogens (tertiary/aromatic N) is 2. The lowest BCUT2D eigenvalue weighted by Crippen LogP contribution is -2.55. The molecular formula is C10H15N5O3S. The second-order valence-corrected chi connectivity index (χ2v) is 5.89. The summed E-state index contributed by atoms with van der Waals surface area (Å²) < 4.78 is 26.1. The fourth-order valence-corrected chi connectivity index (χ4v) is 3.57. The highest BCUT2D eigenvalue weighted by Gasteiger charge is 2.37. The molecule has 1 amide bonds. The van der Waals surface area contributed by atoms with Crippen LogP contribution in [0.5, 0.6) is 0 Å². The number of nitrogen functional groups attached to an aromatic ring is 1. The first-order valence-electron chi connectivity index (χ1n) is 5.69. The number of hydrazine groups is 1.